The third-order valence-corrected chi connectivity index (χ3v) is 14.6. The predicted molar refractivity (Wildman–Crippen MR) is 273 cm³/mol. The van der Waals surface area contributed by atoms with Gasteiger partial charge in [0.15, 0.2) is 6.20 Å². The summed E-state index contributed by atoms with van der Waals surface area (Å²) in [7, 11) is 0. The van der Waals surface area contributed by atoms with Crippen LogP contribution in [0.3, 0.4) is 0 Å². The predicted octanol–water partition coefficient (Wildman–Crippen LogP) is 15.5. The van der Waals surface area contributed by atoms with E-state index in [-0.39, 0.29) is 22.4 Å². The number of hydrogen-bond acceptors (Lipinski definition) is 3. The van der Waals surface area contributed by atoms with Crippen molar-refractivity contribution in [3.8, 4) is 61.5 Å². The summed E-state index contributed by atoms with van der Waals surface area (Å²) in [6.07, 6.45) is 2.07. The van der Waals surface area contributed by atoms with Gasteiger partial charge in [-0.1, -0.05) is 177 Å². The summed E-state index contributed by atoms with van der Waals surface area (Å²) in [6.45, 7) is 23.3. The summed E-state index contributed by atoms with van der Waals surface area (Å²) in [5.74, 6) is -0.0632. The Labute approximate surface area is 390 Å². The highest BCUT2D eigenvalue weighted by Crippen LogP contribution is 2.68. The average molecular weight is 861 g/mol. The SMILES string of the molecule is Cc1ccc(N2c3cccc4c3N3C2c2cc(C(C)(C)C)cc(C(C)(C)C)c2OC32c3c-4cc(C(C)(C)C)cc3-c3cc(-c4ccc(-c5ccccc5)cc4)cc[n+]32)c(-c2ccccc2)c1. The number of ether oxygens (including phenoxy) is 1. The van der Waals surface area contributed by atoms with E-state index < -0.39 is 5.85 Å². The molecule has 0 aliphatic carbocycles. The van der Waals surface area contributed by atoms with Crippen LogP contribution in [0.2, 0.25) is 0 Å². The lowest BCUT2D eigenvalue weighted by Gasteiger charge is -2.49. The number of hydrogen-bond donors (Lipinski definition) is 0. The zero-order chi connectivity index (χ0) is 45.7. The fourth-order valence-electron chi connectivity index (χ4n) is 11.2. The topological polar surface area (TPSA) is 19.6 Å². The molecule has 0 saturated heterocycles. The molecule has 0 N–H and O–H groups in total. The maximum Gasteiger partial charge on any atom is 0.432 e. The number of anilines is 3. The Morgan fingerprint density at radius 1 is 0.500 bits per heavy atom. The van der Waals surface area contributed by atoms with Crippen molar-refractivity contribution in [3.63, 3.8) is 0 Å². The van der Waals surface area contributed by atoms with Gasteiger partial charge in [-0.3, -0.25) is 0 Å². The van der Waals surface area contributed by atoms with Gasteiger partial charge in [0, 0.05) is 39.9 Å². The van der Waals surface area contributed by atoms with Crippen LogP contribution in [0.4, 0.5) is 17.1 Å². The van der Waals surface area contributed by atoms with Crippen molar-refractivity contribution in [2.75, 3.05) is 9.80 Å². The molecule has 1 spiro atoms. The van der Waals surface area contributed by atoms with Gasteiger partial charge < -0.3 is 9.64 Å². The minimum absolute atomic E-state index is 0.0971. The molecular weight excluding hydrogens is 803 g/mol. The number of pyridine rings is 1. The zero-order valence-electron chi connectivity index (χ0n) is 39.9. The fraction of sp³-hybridized carbons (Fsp3) is 0.242. The number of benzene rings is 7. The van der Waals surface area contributed by atoms with Crippen molar-refractivity contribution in [2.45, 2.75) is 97.5 Å². The molecule has 0 fully saturated rings. The van der Waals surface area contributed by atoms with Crippen molar-refractivity contribution < 1.29 is 9.30 Å². The van der Waals surface area contributed by atoms with Crippen LogP contribution in [0.25, 0.3) is 55.8 Å². The number of rotatable bonds is 4. The molecule has 7 aromatic carbocycles. The zero-order valence-corrected chi connectivity index (χ0v) is 39.9. The summed E-state index contributed by atoms with van der Waals surface area (Å²) in [4.78, 5) is 5.32. The van der Waals surface area contributed by atoms with E-state index in [0.717, 1.165) is 11.4 Å². The van der Waals surface area contributed by atoms with Crippen LogP contribution in [-0.2, 0) is 22.1 Å². The molecule has 4 nitrogen and oxygen atoms in total. The molecule has 0 saturated carbocycles. The molecule has 2 unspecified atom stereocenters. The number of fused-ring (bicyclic) bond motifs is 5. The maximum absolute atomic E-state index is 8.18. The van der Waals surface area contributed by atoms with E-state index in [2.05, 4.69) is 248 Å². The molecule has 12 rings (SSSR count). The van der Waals surface area contributed by atoms with E-state index in [4.69, 9.17) is 4.74 Å². The molecule has 5 heterocycles. The van der Waals surface area contributed by atoms with Crippen LogP contribution >= 0.6 is 0 Å². The van der Waals surface area contributed by atoms with Gasteiger partial charge in [0.25, 0.3) is 0 Å². The summed E-state index contributed by atoms with van der Waals surface area (Å²) in [6, 6.07) is 59.2. The molecule has 4 aliphatic rings. The highest BCUT2D eigenvalue weighted by atomic mass is 16.5. The van der Waals surface area contributed by atoms with Crippen LogP contribution in [0, 0.1) is 6.92 Å². The Morgan fingerprint density at radius 3 is 1.79 bits per heavy atom. The Kier molecular flexibility index (Phi) is 8.49. The number of aromatic nitrogens is 1. The number of nitrogens with zero attached hydrogens (tertiary/aromatic N) is 3. The first kappa shape index (κ1) is 40.6. The third-order valence-electron chi connectivity index (χ3n) is 14.6. The van der Waals surface area contributed by atoms with E-state index in [1.165, 1.54) is 101 Å². The van der Waals surface area contributed by atoms with E-state index in [0.29, 0.717) is 0 Å². The second-order valence-corrected chi connectivity index (χ2v) is 22.1. The second-order valence-electron chi connectivity index (χ2n) is 22.1. The first-order valence-electron chi connectivity index (χ1n) is 23.7. The van der Waals surface area contributed by atoms with Crippen molar-refractivity contribution in [1.82, 2.24) is 0 Å². The van der Waals surface area contributed by atoms with Crippen LogP contribution in [0.1, 0.15) is 102 Å². The number of aryl methyl sites for hydroxylation is 1. The summed E-state index contributed by atoms with van der Waals surface area (Å²) >= 11 is 0. The molecule has 4 heteroatoms. The molecule has 0 bridgehead atoms. The maximum atomic E-state index is 8.18. The first-order valence-corrected chi connectivity index (χ1v) is 23.7. The lowest BCUT2D eigenvalue weighted by atomic mass is 9.77. The Morgan fingerprint density at radius 2 is 1.12 bits per heavy atom. The standard InChI is InChI=1S/C62H58N3O/c1-38-24-29-52(47(32-38)42-20-15-12-16-21-42)64-53-23-17-22-46-48-34-44(59(2,3)4)35-49-54-33-43(41-27-25-40(26-28-41)39-18-13-11-14-19-39)30-31-63(54)62(55(48)49)65(56(46)53)58(64)50-36-45(60(5,6)7)37-51(57(50)66-62)61(8,9)10/h11-37,58H,1-10H3/q+1. The summed E-state index contributed by atoms with van der Waals surface area (Å²) in [5.41, 5.74) is 22.7. The third kappa shape index (κ3) is 5.79. The van der Waals surface area contributed by atoms with Crippen LogP contribution in [0.5, 0.6) is 5.75 Å². The Balaban J connectivity index is 1.19. The van der Waals surface area contributed by atoms with E-state index in [1.54, 1.807) is 0 Å². The van der Waals surface area contributed by atoms with Gasteiger partial charge in [-0.25, -0.2) is 4.90 Å². The van der Waals surface area contributed by atoms with Crippen LogP contribution in [-0.4, -0.2) is 0 Å². The molecule has 1 aromatic heterocycles. The monoisotopic (exact) mass is 860 g/mol. The molecule has 4 aliphatic heterocycles. The molecular formula is C62H58N3O+. The molecule has 66 heavy (non-hydrogen) atoms. The van der Waals surface area contributed by atoms with Gasteiger partial charge in [0.05, 0.1) is 22.6 Å². The molecule has 0 radical (unpaired) electrons. The fourth-order valence-corrected chi connectivity index (χ4v) is 11.2. The lowest BCUT2D eigenvalue weighted by Crippen LogP contribution is -2.71. The van der Waals surface area contributed by atoms with Crippen molar-refractivity contribution in [1.29, 1.82) is 0 Å². The van der Waals surface area contributed by atoms with Gasteiger partial charge in [0.2, 0.25) is 5.69 Å². The molecule has 8 aromatic rings. The highest BCUT2D eigenvalue weighted by molar-refractivity contribution is 6.03. The molecule has 0 amide bonds. The Hall–Kier alpha value is -6.91. The van der Waals surface area contributed by atoms with Gasteiger partial charge in [0.1, 0.15) is 17.5 Å². The van der Waals surface area contributed by atoms with Gasteiger partial charge >= 0.3 is 5.85 Å². The van der Waals surface area contributed by atoms with Gasteiger partial charge in [-0.05, 0) is 98.5 Å². The van der Waals surface area contributed by atoms with Gasteiger partial charge in [-0.15, -0.1) is 4.57 Å². The molecule has 326 valence electrons. The van der Waals surface area contributed by atoms with E-state index in [9.17, 15) is 0 Å². The largest absolute Gasteiger partial charge is 0.432 e. The van der Waals surface area contributed by atoms with Crippen molar-refractivity contribution in [3.05, 3.63) is 197 Å². The molecule has 2 atom stereocenters. The normalized spacial score (nSPS) is 17.5. The van der Waals surface area contributed by atoms with Crippen LogP contribution in [0.15, 0.2) is 164 Å². The quantitative estimate of drug-likeness (QED) is 0.164. The van der Waals surface area contributed by atoms with E-state index >= 15 is 0 Å². The van der Waals surface area contributed by atoms with Crippen molar-refractivity contribution >= 4 is 17.1 Å². The number of para-hydroxylation sites is 1. The minimum Gasteiger partial charge on any atom is -0.410 e. The summed E-state index contributed by atoms with van der Waals surface area (Å²) < 4.78 is 10.7. The van der Waals surface area contributed by atoms with Crippen molar-refractivity contribution in [2.24, 2.45) is 0 Å². The summed E-state index contributed by atoms with van der Waals surface area (Å²) in [5, 5.41) is 0. The second kappa shape index (κ2) is 13.8. The highest BCUT2D eigenvalue weighted by Gasteiger charge is 2.70. The van der Waals surface area contributed by atoms with E-state index in [1.807, 2.05) is 0 Å². The Bertz CT molecular complexity index is 3290. The minimum atomic E-state index is -1.04. The van der Waals surface area contributed by atoms with Crippen LogP contribution < -0.4 is 19.1 Å². The lowest BCUT2D eigenvalue weighted by molar-refractivity contribution is -0.774. The van der Waals surface area contributed by atoms with Gasteiger partial charge in [-0.2, -0.15) is 0 Å². The average Bonchev–Trinajstić information content (AvgIpc) is 3.79. The first-order chi connectivity index (χ1) is 31.5. The smallest absolute Gasteiger partial charge is 0.410 e.